The van der Waals surface area contributed by atoms with Crippen molar-refractivity contribution in [1.82, 2.24) is 6.15 Å². The van der Waals surface area contributed by atoms with E-state index in [1.54, 1.807) is 6.08 Å². The third-order valence-corrected chi connectivity index (χ3v) is 1.05. The molecule has 0 fully saturated rings. The maximum atomic E-state index is 3.72. The maximum Gasteiger partial charge on any atom is 2.00 e. The van der Waals surface area contributed by atoms with Crippen LogP contribution >= 0.6 is 12.4 Å². The predicted molar refractivity (Wildman–Crippen MR) is 69.1 cm³/mol. The molecule has 0 spiro atoms. The van der Waals surface area contributed by atoms with Crippen LogP contribution in [0.15, 0.2) is 43.0 Å². The second kappa shape index (κ2) is 18.6. The molecular formula is C11H18ClMgN. The van der Waals surface area contributed by atoms with Gasteiger partial charge in [-0.05, 0) is 0 Å². The molecule has 1 rings (SSSR count). The molecule has 14 heavy (non-hydrogen) atoms. The minimum absolute atomic E-state index is 0. The SMILES string of the molecule is C=CC[CH2-].Cl.N.[CH2-]c1ccccc1.[Mg+2]. The summed E-state index contributed by atoms with van der Waals surface area (Å²) in [4.78, 5) is 0. The molecule has 1 nitrogen and oxygen atoms in total. The fourth-order valence-corrected chi connectivity index (χ4v) is 0.478. The van der Waals surface area contributed by atoms with Crippen LogP contribution in [0, 0.1) is 13.8 Å². The summed E-state index contributed by atoms with van der Waals surface area (Å²) in [6, 6.07) is 9.87. The minimum Gasteiger partial charge on any atom is -0.344 e. The molecule has 0 aliphatic heterocycles. The zero-order valence-electron chi connectivity index (χ0n) is 8.61. The quantitative estimate of drug-likeness (QED) is 0.442. The van der Waals surface area contributed by atoms with E-state index in [0.717, 1.165) is 12.0 Å². The predicted octanol–water partition coefficient (Wildman–Crippen LogP) is 3.47. The molecule has 1 aromatic carbocycles. The van der Waals surface area contributed by atoms with Crippen molar-refractivity contribution >= 4 is 35.5 Å². The van der Waals surface area contributed by atoms with Crippen molar-refractivity contribution in [2.75, 3.05) is 0 Å². The molecule has 0 atom stereocenters. The van der Waals surface area contributed by atoms with Crippen LogP contribution < -0.4 is 6.15 Å². The van der Waals surface area contributed by atoms with Crippen molar-refractivity contribution in [1.29, 1.82) is 0 Å². The number of hydrogen-bond donors (Lipinski definition) is 1. The molecule has 0 radical (unpaired) electrons. The normalized spacial score (nSPS) is 6.07. The van der Waals surface area contributed by atoms with Gasteiger partial charge in [0.1, 0.15) is 0 Å². The van der Waals surface area contributed by atoms with Gasteiger partial charge in [-0.1, -0.05) is 6.07 Å². The zero-order valence-corrected chi connectivity index (χ0v) is 10.8. The Kier molecular flexibility index (Phi) is 31.3. The topological polar surface area (TPSA) is 35.0 Å². The van der Waals surface area contributed by atoms with Gasteiger partial charge in [-0.25, -0.2) is 0 Å². The van der Waals surface area contributed by atoms with Gasteiger partial charge in [0.25, 0.3) is 0 Å². The van der Waals surface area contributed by atoms with E-state index in [-0.39, 0.29) is 41.6 Å². The first-order valence-electron chi connectivity index (χ1n) is 3.58. The summed E-state index contributed by atoms with van der Waals surface area (Å²) in [5.41, 5.74) is 1.07. The van der Waals surface area contributed by atoms with Gasteiger partial charge in [-0.15, -0.1) is 37.2 Å². The van der Waals surface area contributed by atoms with E-state index >= 15 is 0 Å². The Morgan fingerprint density at radius 1 is 1.21 bits per heavy atom. The number of rotatable bonds is 1. The summed E-state index contributed by atoms with van der Waals surface area (Å²) in [5.74, 6) is 0. The Balaban J connectivity index is -0.0000000650. The fourth-order valence-electron chi connectivity index (χ4n) is 0.478. The summed E-state index contributed by atoms with van der Waals surface area (Å²) >= 11 is 0. The van der Waals surface area contributed by atoms with Crippen LogP contribution in [0.3, 0.4) is 0 Å². The van der Waals surface area contributed by atoms with Crippen LogP contribution in [0.1, 0.15) is 12.0 Å². The van der Waals surface area contributed by atoms with Crippen LogP contribution in [0.25, 0.3) is 0 Å². The van der Waals surface area contributed by atoms with E-state index in [0.29, 0.717) is 0 Å². The van der Waals surface area contributed by atoms with E-state index in [4.69, 9.17) is 0 Å². The van der Waals surface area contributed by atoms with Gasteiger partial charge in [-0.3, -0.25) is 0 Å². The summed E-state index contributed by atoms with van der Waals surface area (Å²) in [5, 5.41) is 0. The van der Waals surface area contributed by atoms with Crippen molar-refractivity contribution in [3.8, 4) is 0 Å². The molecule has 0 aliphatic carbocycles. The van der Waals surface area contributed by atoms with Gasteiger partial charge in [0.2, 0.25) is 0 Å². The Bertz CT molecular complexity index is 190. The molecule has 1 aromatic rings. The van der Waals surface area contributed by atoms with E-state index in [2.05, 4.69) is 20.4 Å². The van der Waals surface area contributed by atoms with Crippen LogP contribution in [0.4, 0.5) is 0 Å². The van der Waals surface area contributed by atoms with Crippen molar-refractivity contribution in [2.24, 2.45) is 0 Å². The Labute approximate surface area is 110 Å². The van der Waals surface area contributed by atoms with Gasteiger partial charge in [-0.2, -0.15) is 31.0 Å². The summed E-state index contributed by atoms with van der Waals surface area (Å²) < 4.78 is 0. The molecular weight excluding hydrogens is 206 g/mol. The Morgan fingerprint density at radius 2 is 1.57 bits per heavy atom. The van der Waals surface area contributed by atoms with Gasteiger partial charge in [0.05, 0.1) is 0 Å². The van der Waals surface area contributed by atoms with Crippen molar-refractivity contribution in [2.45, 2.75) is 6.42 Å². The van der Waals surface area contributed by atoms with Gasteiger partial charge in [0, 0.05) is 0 Å². The number of benzene rings is 1. The molecule has 0 aromatic heterocycles. The molecule has 3 N–H and O–H groups in total. The smallest absolute Gasteiger partial charge is 0.344 e. The van der Waals surface area contributed by atoms with E-state index < -0.39 is 0 Å². The van der Waals surface area contributed by atoms with Gasteiger partial charge < -0.3 is 13.1 Å². The van der Waals surface area contributed by atoms with Gasteiger partial charge in [0.15, 0.2) is 0 Å². The van der Waals surface area contributed by atoms with E-state index in [1.165, 1.54) is 0 Å². The third-order valence-electron chi connectivity index (χ3n) is 1.05. The Morgan fingerprint density at radius 3 is 1.71 bits per heavy atom. The number of hydrogen-bond acceptors (Lipinski definition) is 1. The van der Waals surface area contributed by atoms with Crippen LogP contribution in [-0.4, -0.2) is 23.1 Å². The summed E-state index contributed by atoms with van der Waals surface area (Å²) in [7, 11) is 0. The molecule has 0 bridgehead atoms. The summed E-state index contributed by atoms with van der Waals surface area (Å²) in [6.45, 7) is 10.6. The molecule has 0 saturated heterocycles. The second-order valence-corrected chi connectivity index (χ2v) is 2.06. The average molecular weight is 224 g/mol. The van der Waals surface area contributed by atoms with Crippen molar-refractivity contribution in [3.63, 3.8) is 0 Å². The monoisotopic (exact) mass is 223 g/mol. The first kappa shape index (κ1) is 23.6. The molecule has 0 heterocycles. The summed E-state index contributed by atoms with van der Waals surface area (Å²) in [6.07, 6.45) is 2.60. The first-order valence-corrected chi connectivity index (χ1v) is 3.58. The maximum absolute atomic E-state index is 3.72. The van der Waals surface area contributed by atoms with E-state index in [1.807, 2.05) is 30.3 Å². The minimum atomic E-state index is 0. The molecule has 76 valence electrons. The molecule has 0 saturated carbocycles. The number of halogens is 1. The van der Waals surface area contributed by atoms with Crippen LogP contribution in [0.5, 0.6) is 0 Å². The van der Waals surface area contributed by atoms with E-state index in [9.17, 15) is 0 Å². The standard InChI is InChI=1S/C7H7.C4H7.ClH.Mg.H3N/c1-7-5-3-2-4-6-7;1-3-4-2;;;/h2-6H,1H2;3H,1-2,4H2;1H;;1H3/q2*-1;;+2;. The molecule has 0 amide bonds. The van der Waals surface area contributed by atoms with Gasteiger partial charge >= 0.3 is 23.1 Å². The first-order chi connectivity index (χ1) is 5.31. The third kappa shape index (κ3) is 17.8. The second-order valence-electron chi connectivity index (χ2n) is 2.06. The molecule has 0 unspecified atom stereocenters. The van der Waals surface area contributed by atoms with Crippen molar-refractivity contribution in [3.05, 3.63) is 62.4 Å². The Hall–Kier alpha value is -0.154. The van der Waals surface area contributed by atoms with Crippen LogP contribution in [0.2, 0.25) is 0 Å². The average Bonchev–Trinajstić information content (AvgIpc) is 2.07. The number of allylic oxidation sites excluding steroid dienone is 1. The zero-order chi connectivity index (χ0) is 8.53. The van der Waals surface area contributed by atoms with Crippen molar-refractivity contribution < 1.29 is 0 Å². The fraction of sp³-hybridized carbons (Fsp3) is 0.0909. The molecule has 3 heteroatoms. The largest absolute Gasteiger partial charge is 2.00 e. The van der Waals surface area contributed by atoms with Crippen LogP contribution in [-0.2, 0) is 0 Å². The molecule has 0 aliphatic rings.